The molecular formula is C10H15N3O2S3. The van der Waals surface area contributed by atoms with Crippen LogP contribution >= 0.6 is 34.9 Å². The monoisotopic (exact) mass is 305 g/mol. The lowest BCUT2D eigenvalue weighted by atomic mass is 10.1. The maximum absolute atomic E-state index is 11.4. The number of thioether (sulfide) groups is 2. The van der Waals surface area contributed by atoms with Gasteiger partial charge >= 0.3 is 5.97 Å². The molecule has 0 aliphatic heterocycles. The molecule has 18 heavy (non-hydrogen) atoms. The minimum absolute atomic E-state index is 0.364. The van der Waals surface area contributed by atoms with E-state index in [1.165, 1.54) is 23.1 Å². The summed E-state index contributed by atoms with van der Waals surface area (Å²) in [5.74, 6) is -0.349. The Morgan fingerprint density at radius 3 is 2.72 bits per heavy atom. The molecular weight excluding hydrogens is 290 g/mol. The third kappa shape index (κ3) is 3.59. The highest BCUT2D eigenvalue weighted by Crippen LogP contribution is 2.31. The maximum Gasteiger partial charge on any atom is 0.324 e. The smallest absolute Gasteiger partial charge is 0.324 e. The van der Waals surface area contributed by atoms with Gasteiger partial charge < -0.3 is 5.11 Å². The minimum Gasteiger partial charge on any atom is -0.480 e. The number of nitrogens with zero attached hydrogens (tertiary/aromatic N) is 2. The molecule has 1 aliphatic carbocycles. The lowest BCUT2D eigenvalue weighted by Crippen LogP contribution is -2.52. The first kappa shape index (κ1) is 14.1. The topological polar surface area (TPSA) is 75.1 Å². The quantitative estimate of drug-likeness (QED) is 0.746. The Kier molecular flexibility index (Phi) is 4.52. The Balaban J connectivity index is 1.94. The molecule has 8 heteroatoms. The molecule has 2 rings (SSSR count). The third-order valence-corrected chi connectivity index (χ3v) is 5.97. The molecule has 0 amide bonds. The fraction of sp³-hybridized carbons (Fsp3) is 0.700. The molecule has 0 aromatic carbocycles. The molecule has 1 aromatic rings. The largest absolute Gasteiger partial charge is 0.480 e. The Hall–Kier alpha value is -0.310. The van der Waals surface area contributed by atoms with E-state index in [-0.39, 0.29) is 0 Å². The van der Waals surface area contributed by atoms with E-state index in [0.717, 1.165) is 21.5 Å². The van der Waals surface area contributed by atoms with Crippen molar-refractivity contribution in [1.29, 1.82) is 0 Å². The van der Waals surface area contributed by atoms with Crippen LogP contribution in [0.2, 0.25) is 0 Å². The molecule has 1 heterocycles. The molecule has 0 spiro atoms. The third-order valence-electron chi connectivity index (χ3n) is 2.62. The van der Waals surface area contributed by atoms with Crippen molar-refractivity contribution in [2.45, 2.75) is 40.0 Å². The van der Waals surface area contributed by atoms with Gasteiger partial charge in [-0.05, 0) is 26.0 Å². The molecule has 1 unspecified atom stereocenters. The average molecular weight is 305 g/mol. The predicted octanol–water partition coefficient (Wildman–Crippen LogP) is 1.95. The molecule has 0 saturated heterocycles. The summed E-state index contributed by atoms with van der Waals surface area (Å²) in [6.45, 7) is 1.73. The van der Waals surface area contributed by atoms with Gasteiger partial charge in [-0.15, -0.1) is 10.2 Å². The zero-order valence-electron chi connectivity index (χ0n) is 10.2. The fourth-order valence-corrected chi connectivity index (χ4v) is 3.92. The standard InChI is InChI=1S/C10H15N3O2S3/c1-10(7(14)15,11-6-3-4-6)5-17-9-13-12-8(16-2)18-9/h6,11H,3-5H2,1-2H3,(H,14,15). The van der Waals surface area contributed by atoms with Gasteiger partial charge in [-0.1, -0.05) is 34.9 Å². The van der Waals surface area contributed by atoms with Gasteiger partial charge in [0.15, 0.2) is 8.68 Å². The number of carboxylic acid groups (broad SMARTS) is 1. The van der Waals surface area contributed by atoms with Crippen LogP contribution in [0.4, 0.5) is 0 Å². The van der Waals surface area contributed by atoms with Gasteiger partial charge in [-0.2, -0.15) is 0 Å². The lowest BCUT2D eigenvalue weighted by Gasteiger charge is -2.25. The molecule has 1 saturated carbocycles. The zero-order chi connectivity index (χ0) is 13.2. The summed E-state index contributed by atoms with van der Waals surface area (Å²) in [5, 5.41) is 20.5. The number of hydrogen-bond acceptors (Lipinski definition) is 7. The second-order valence-electron chi connectivity index (χ2n) is 4.38. The van der Waals surface area contributed by atoms with E-state index >= 15 is 0 Å². The summed E-state index contributed by atoms with van der Waals surface area (Å²) in [4.78, 5) is 11.4. The fourth-order valence-electron chi connectivity index (χ4n) is 1.39. The van der Waals surface area contributed by atoms with E-state index < -0.39 is 11.5 Å². The first-order chi connectivity index (χ1) is 8.53. The number of aromatic nitrogens is 2. The van der Waals surface area contributed by atoms with Crippen molar-refractivity contribution in [1.82, 2.24) is 15.5 Å². The highest BCUT2D eigenvalue weighted by atomic mass is 32.2. The molecule has 0 radical (unpaired) electrons. The highest BCUT2D eigenvalue weighted by Gasteiger charge is 2.38. The highest BCUT2D eigenvalue weighted by molar-refractivity contribution is 8.03. The summed E-state index contributed by atoms with van der Waals surface area (Å²) < 4.78 is 1.73. The molecule has 5 nitrogen and oxygen atoms in total. The Bertz CT molecular complexity index is 436. The number of rotatable bonds is 7. The van der Waals surface area contributed by atoms with Gasteiger partial charge in [-0.25, -0.2) is 0 Å². The number of hydrogen-bond donors (Lipinski definition) is 2. The predicted molar refractivity (Wildman–Crippen MR) is 74.6 cm³/mol. The van der Waals surface area contributed by atoms with Crippen molar-refractivity contribution in [3.63, 3.8) is 0 Å². The normalized spacial score (nSPS) is 18.6. The number of carboxylic acids is 1. The van der Waals surface area contributed by atoms with E-state index in [1.54, 1.807) is 18.7 Å². The van der Waals surface area contributed by atoms with E-state index in [2.05, 4.69) is 15.5 Å². The van der Waals surface area contributed by atoms with Crippen molar-refractivity contribution in [2.24, 2.45) is 0 Å². The van der Waals surface area contributed by atoms with E-state index in [1.807, 2.05) is 6.26 Å². The molecule has 1 aromatic heterocycles. The van der Waals surface area contributed by atoms with Crippen molar-refractivity contribution in [3.8, 4) is 0 Å². The molecule has 1 fully saturated rings. The van der Waals surface area contributed by atoms with Crippen molar-refractivity contribution in [2.75, 3.05) is 12.0 Å². The van der Waals surface area contributed by atoms with E-state index in [9.17, 15) is 9.90 Å². The summed E-state index contributed by atoms with van der Waals surface area (Å²) in [6.07, 6.45) is 4.09. The Morgan fingerprint density at radius 2 is 2.22 bits per heavy atom. The van der Waals surface area contributed by atoms with Crippen LogP contribution < -0.4 is 5.32 Å². The molecule has 2 N–H and O–H groups in total. The second kappa shape index (κ2) is 5.77. The summed E-state index contributed by atoms with van der Waals surface area (Å²) in [5.41, 5.74) is -0.892. The number of nitrogens with one attached hydrogen (secondary N) is 1. The van der Waals surface area contributed by atoms with Crippen LogP contribution in [0.15, 0.2) is 8.68 Å². The summed E-state index contributed by atoms with van der Waals surface area (Å²) in [6, 6.07) is 0.364. The van der Waals surface area contributed by atoms with Crippen LogP contribution in [0.3, 0.4) is 0 Å². The van der Waals surface area contributed by atoms with Crippen LogP contribution in [-0.2, 0) is 4.79 Å². The lowest BCUT2D eigenvalue weighted by molar-refractivity contribution is -0.143. The van der Waals surface area contributed by atoms with Gasteiger partial charge in [-0.3, -0.25) is 10.1 Å². The second-order valence-corrected chi connectivity index (χ2v) is 7.64. The van der Waals surface area contributed by atoms with Crippen molar-refractivity contribution in [3.05, 3.63) is 0 Å². The molecule has 0 bridgehead atoms. The van der Waals surface area contributed by atoms with Gasteiger partial charge in [0.2, 0.25) is 0 Å². The Morgan fingerprint density at radius 1 is 1.56 bits per heavy atom. The summed E-state index contributed by atoms with van der Waals surface area (Å²) in [7, 11) is 0. The first-order valence-corrected chi connectivity index (χ1v) is 8.57. The molecule has 1 atom stereocenters. The molecule has 1 aliphatic rings. The van der Waals surface area contributed by atoms with Gasteiger partial charge in [0, 0.05) is 11.8 Å². The van der Waals surface area contributed by atoms with Crippen LogP contribution in [-0.4, -0.2) is 44.9 Å². The van der Waals surface area contributed by atoms with Gasteiger partial charge in [0.1, 0.15) is 5.54 Å². The van der Waals surface area contributed by atoms with Gasteiger partial charge in [0.25, 0.3) is 0 Å². The average Bonchev–Trinajstić information content (AvgIpc) is 3.02. The van der Waals surface area contributed by atoms with Crippen molar-refractivity contribution >= 4 is 40.8 Å². The van der Waals surface area contributed by atoms with Gasteiger partial charge in [0.05, 0.1) is 0 Å². The van der Waals surface area contributed by atoms with Crippen LogP contribution in [0, 0.1) is 0 Å². The maximum atomic E-state index is 11.4. The SMILES string of the molecule is CSc1nnc(SCC(C)(NC2CC2)C(=O)O)s1. The number of carbonyl (C=O) groups is 1. The van der Waals surface area contributed by atoms with E-state index in [4.69, 9.17) is 0 Å². The summed E-state index contributed by atoms with van der Waals surface area (Å²) >= 11 is 4.50. The van der Waals surface area contributed by atoms with Crippen LogP contribution in [0.25, 0.3) is 0 Å². The van der Waals surface area contributed by atoms with Crippen LogP contribution in [0.1, 0.15) is 19.8 Å². The number of aliphatic carboxylic acids is 1. The van der Waals surface area contributed by atoms with E-state index in [0.29, 0.717) is 11.8 Å². The minimum atomic E-state index is -0.892. The zero-order valence-corrected chi connectivity index (χ0v) is 12.6. The van der Waals surface area contributed by atoms with Crippen LogP contribution in [0.5, 0.6) is 0 Å². The van der Waals surface area contributed by atoms with Crippen molar-refractivity contribution < 1.29 is 9.90 Å². The molecule has 100 valence electrons. The Labute approximate surface area is 118 Å². The first-order valence-electron chi connectivity index (χ1n) is 5.55.